The molecular formula is C16H13F3N6O2. The van der Waals surface area contributed by atoms with Crippen molar-refractivity contribution in [2.24, 2.45) is 0 Å². The van der Waals surface area contributed by atoms with Crippen LogP contribution in [0.2, 0.25) is 0 Å². The zero-order chi connectivity index (χ0) is 19.6. The number of nitrogens with two attached hydrogens (primary N) is 1. The number of anilines is 1. The Morgan fingerprint density at radius 3 is 2.70 bits per heavy atom. The second-order valence-electron chi connectivity index (χ2n) is 5.45. The lowest BCUT2D eigenvalue weighted by Crippen LogP contribution is -2.26. The van der Waals surface area contributed by atoms with Gasteiger partial charge in [-0.05, 0) is 19.1 Å². The Bertz CT molecular complexity index is 973. The highest BCUT2D eigenvalue weighted by molar-refractivity contribution is 5.96. The van der Waals surface area contributed by atoms with E-state index in [9.17, 15) is 18.0 Å². The lowest BCUT2D eigenvalue weighted by Gasteiger charge is -2.10. The van der Waals surface area contributed by atoms with Gasteiger partial charge >= 0.3 is 6.18 Å². The summed E-state index contributed by atoms with van der Waals surface area (Å²) < 4.78 is 43.3. The number of oxazole rings is 1. The molecule has 3 aromatic rings. The number of hydrogen-bond acceptors (Lipinski definition) is 7. The fourth-order valence-electron chi connectivity index (χ4n) is 2.25. The van der Waals surface area contributed by atoms with Crippen LogP contribution in [-0.4, -0.2) is 25.8 Å². The molecule has 11 heteroatoms. The molecule has 0 fully saturated rings. The van der Waals surface area contributed by atoms with Crippen LogP contribution in [0.4, 0.5) is 19.0 Å². The van der Waals surface area contributed by atoms with Crippen LogP contribution in [-0.2, 0) is 12.7 Å². The summed E-state index contributed by atoms with van der Waals surface area (Å²) in [5, 5.41) is 2.43. The van der Waals surface area contributed by atoms with Gasteiger partial charge in [0.2, 0.25) is 5.89 Å². The molecule has 0 atom stereocenters. The highest BCUT2D eigenvalue weighted by Crippen LogP contribution is 2.29. The summed E-state index contributed by atoms with van der Waals surface area (Å²) in [7, 11) is 0. The predicted molar refractivity (Wildman–Crippen MR) is 87.1 cm³/mol. The van der Waals surface area contributed by atoms with Gasteiger partial charge < -0.3 is 15.5 Å². The van der Waals surface area contributed by atoms with E-state index in [1.807, 2.05) is 0 Å². The number of carbonyl (C=O) groups excluding carboxylic acids is 1. The van der Waals surface area contributed by atoms with E-state index in [1.54, 1.807) is 6.92 Å². The molecule has 0 unspecified atom stereocenters. The Morgan fingerprint density at radius 2 is 2.04 bits per heavy atom. The molecule has 8 nitrogen and oxygen atoms in total. The Balaban J connectivity index is 1.76. The van der Waals surface area contributed by atoms with Crippen LogP contribution in [0.15, 0.2) is 35.2 Å². The van der Waals surface area contributed by atoms with Gasteiger partial charge in [-0.15, -0.1) is 0 Å². The third-order valence-electron chi connectivity index (χ3n) is 3.52. The molecular weight excluding hydrogens is 365 g/mol. The first kappa shape index (κ1) is 18.3. The molecule has 0 aliphatic rings. The lowest BCUT2D eigenvalue weighted by atomic mass is 10.2. The van der Waals surface area contributed by atoms with Crippen molar-refractivity contribution in [3.8, 4) is 11.6 Å². The van der Waals surface area contributed by atoms with Gasteiger partial charge in [0.25, 0.3) is 5.91 Å². The highest BCUT2D eigenvalue weighted by Gasteiger charge is 2.30. The Labute approximate surface area is 150 Å². The Hall–Kier alpha value is -3.50. The van der Waals surface area contributed by atoms with Gasteiger partial charge in [-0.2, -0.15) is 13.2 Å². The van der Waals surface area contributed by atoms with Gasteiger partial charge in [0.15, 0.2) is 11.5 Å². The van der Waals surface area contributed by atoms with Crippen molar-refractivity contribution in [3.05, 3.63) is 53.4 Å². The average Bonchev–Trinajstić information content (AvgIpc) is 3.15. The Morgan fingerprint density at radius 1 is 1.26 bits per heavy atom. The molecule has 27 heavy (non-hydrogen) atoms. The van der Waals surface area contributed by atoms with Crippen molar-refractivity contribution < 1.29 is 22.4 Å². The van der Waals surface area contributed by atoms with E-state index in [1.165, 1.54) is 12.5 Å². The van der Waals surface area contributed by atoms with Crippen molar-refractivity contribution in [2.45, 2.75) is 19.6 Å². The molecule has 0 aliphatic heterocycles. The van der Waals surface area contributed by atoms with Gasteiger partial charge in [0, 0.05) is 6.20 Å². The maximum atomic E-state index is 12.7. The molecule has 0 aliphatic carbocycles. The van der Waals surface area contributed by atoms with E-state index < -0.39 is 17.6 Å². The number of hydrogen-bond donors (Lipinski definition) is 2. The predicted octanol–water partition coefficient (Wildman–Crippen LogP) is 2.37. The van der Waals surface area contributed by atoms with Crippen LogP contribution < -0.4 is 11.1 Å². The normalized spacial score (nSPS) is 11.4. The van der Waals surface area contributed by atoms with E-state index in [-0.39, 0.29) is 35.3 Å². The number of alkyl halides is 3. The molecule has 3 N–H and O–H groups in total. The van der Waals surface area contributed by atoms with Crippen molar-refractivity contribution in [1.29, 1.82) is 0 Å². The summed E-state index contributed by atoms with van der Waals surface area (Å²) in [5.41, 5.74) is 5.45. The van der Waals surface area contributed by atoms with Gasteiger partial charge in [-0.1, -0.05) is 0 Å². The first-order valence-electron chi connectivity index (χ1n) is 7.60. The molecule has 3 rings (SSSR count). The number of carbonyl (C=O) groups is 1. The standard InChI is InChI=1S/C16H13F3N6O2/c1-8-11(15-22-4-5-27-15)25-13(20)12(24-8)14(26)23-7-10-6-9(2-3-21-10)16(17,18)19/h2-6H,7H2,1H3,(H2,20,25)(H,23,26). The quantitative estimate of drug-likeness (QED) is 0.715. The average molecular weight is 378 g/mol. The number of halogens is 3. The fraction of sp³-hybridized carbons (Fsp3) is 0.188. The van der Waals surface area contributed by atoms with E-state index in [2.05, 4.69) is 25.3 Å². The van der Waals surface area contributed by atoms with Gasteiger partial charge in [0.05, 0.1) is 29.7 Å². The smallest absolute Gasteiger partial charge is 0.416 e. The zero-order valence-corrected chi connectivity index (χ0v) is 13.9. The van der Waals surface area contributed by atoms with Gasteiger partial charge in [-0.25, -0.2) is 15.0 Å². The Kier molecular flexibility index (Phi) is 4.75. The van der Waals surface area contributed by atoms with Gasteiger partial charge in [0.1, 0.15) is 12.0 Å². The second-order valence-corrected chi connectivity index (χ2v) is 5.45. The van der Waals surface area contributed by atoms with Crippen LogP contribution in [0.5, 0.6) is 0 Å². The molecule has 3 aromatic heterocycles. The van der Waals surface area contributed by atoms with Crippen LogP contribution in [0.1, 0.15) is 27.4 Å². The van der Waals surface area contributed by atoms with Crippen LogP contribution in [0.25, 0.3) is 11.6 Å². The minimum atomic E-state index is -4.50. The lowest BCUT2D eigenvalue weighted by molar-refractivity contribution is -0.137. The zero-order valence-electron chi connectivity index (χ0n) is 13.9. The SMILES string of the molecule is Cc1nc(C(=O)NCc2cc(C(F)(F)F)ccn2)c(N)nc1-c1ncco1. The molecule has 0 aromatic carbocycles. The molecule has 0 bridgehead atoms. The molecule has 1 amide bonds. The third-order valence-corrected chi connectivity index (χ3v) is 3.52. The number of amides is 1. The number of nitrogen functional groups attached to an aromatic ring is 1. The maximum absolute atomic E-state index is 12.7. The summed E-state index contributed by atoms with van der Waals surface area (Å²) >= 11 is 0. The second kappa shape index (κ2) is 7.02. The van der Waals surface area contributed by atoms with E-state index in [0.29, 0.717) is 5.69 Å². The van der Waals surface area contributed by atoms with E-state index in [4.69, 9.17) is 10.2 Å². The fourth-order valence-corrected chi connectivity index (χ4v) is 2.25. The summed E-state index contributed by atoms with van der Waals surface area (Å²) in [6.07, 6.45) is -0.692. The van der Waals surface area contributed by atoms with Crippen LogP contribution in [0.3, 0.4) is 0 Å². The topological polar surface area (TPSA) is 120 Å². The monoisotopic (exact) mass is 378 g/mol. The summed E-state index contributed by atoms with van der Waals surface area (Å²) in [6.45, 7) is 1.36. The minimum absolute atomic E-state index is 0.0397. The van der Waals surface area contributed by atoms with Crippen molar-refractivity contribution >= 4 is 11.7 Å². The molecule has 0 spiro atoms. The summed E-state index contributed by atoms with van der Waals surface area (Å²) in [6, 6.07) is 1.70. The van der Waals surface area contributed by atoms with Gasteiger partial charge in [-0.3, -0.25) is 9.78 Å². The van der Waals surface area contributed by atoms with E-state index >= 15 is 0 Å². The maximum Gasteiger partial charge on any atom is 0.416 e. The number of nitrogens with zero attached hydrogens (tertiary/aromatic N) is 4. The molecule has 0 saturated carbocycles. The summed E-state index contributed by atoms with van der Waals surface area (Å²) in [4.78, 5) is 28.2. The number of pyridine rings is 1. The largest absolute Gasteiger partial charge is 0.443 e. The first-order valence-corrected chi connectivity index (χ1v) is 7.60. The molecule has 0 radical (unpaired) electrons. The highest BCUT2D eigenvalue weighted by atomic mass is 19.4. The number of aromatic nitrogens is 4. The third kappa shape index (κ3) is 4.02. The summed E-state index contributed by atoms with van der Waals surface area (Å²) in [5.74, 6) is -0.656. The van der Waals surface area contributed by atoms with Crippen molar-refractivity contribution in [2.75, 3.05) is 5.73 Å². The van der Waals surface area contributed by atoms with E-state index in [0.717, 1.165) is 18.3 Å². The molecule has 0 saturated heterocycles. The molecule has 140 valence electrons. The van der Waals surface area contributed by atoms with Crippen molar-refractivity contribution in [1.82, 2.24) is 25.3 Å². The van der Waals surface area contributed by atoms with Crippen LogP contribution >= 0.6 is 0 Å². The van der Waals surface area contributed by atoms with Crippen molar-refractivity contribution in [3.63, 3.8) is 0 Å². The first-order chi connectivity index (χ1) is 12.8. The molecule has 3 heterocycles. The minimum Gasteiger partial charge on any atom is -0.443 e. The van der Waals surface area contributed by atoms with Crippen LogP contribution in [0, 0.1) is 6.92 Å². The number of rotatable bonds is 4. The number of nitrogens with one attached hydrogen (secondary N) is 1. The number of aryl methyl sites for hydroxylation is 1.